The number of rotatable bonds is 8. The van der Waals surface area contributed by atoms with Crippen LogP contribution in [-0.2, 0) is 16.0 Å². The number of anilines is 1. The Morgan fingerprint density at radius 2 is 2.04 bits per heavy atom. The molecule has 140 valence electrons. The van der Waals surface area contributed by atoms with Crippen molar-refractivity contribution in [1.82, 2.24) is 10.3 Å². The number of nitrogens with one attached hydrogen (secondary N) is 2. The summed E-state index contributed by atoms with van der Waals surface area (Å²) in [6.45, 7) is 8.10. The predicted octanol–water partition coefficient (Wildman–Crippen LogP) is 3.56. The molecule has 0 saturated carbocycles. The van der Waals surface area contributed by atoms with Gasteiger partial charge in [-0.1, -0.05) is 26.0 Å². The molecular formula is C19H25N3O3S. The van der Waals surface area contributed by atoms with Crippen molar-refractivity contribution in [1.29, 1.82) is 0 Å². The Balaban J connectivity index is 1.91. The highest BCUT2D eigenvalue weighted by molar-refractivity contribution is 7.13. The first-order valence-corrected chi connectivity index (χ1v) is 9.54. The number of hydrogen-bond acceptors (Lipinski definition) is 5. The Labute approximate surface area is 158 Å². The lowest BCUT2D eigenvalue weighted by molar-refractivity contribution is -0.121. The highest BCUT2D eigenvalue weighted by Crippen LogP contribution is 2.20. The van der Waals surface area contributed by atoms with Crippen LogP contribution in [0.2, 0.25) is 0 Å². The van der Waals surface area contributed by atoms with Gasteiger partial charge < -0.3 is 15.4 Å². The molecule has 0 aliphatic rings. The Hall–Kier alpha value is -2.41. The first kappa shape index (κ1) is 19.9. The topological polar surface area (TPSA) is 80.3 Å². The Kier molecular flexibility index (Phi) is 7.15. The van der Waals surface area contributed by atoms with Crippen LogP contribution in [0.4, 0.5) is 5.13 Å². The van der Waals surface area contributed by atoms with Crippen molar-refractivity contribution in [3.05, 3.63) is 40.9 Å². The van der Waals surface area contributed by atoms with Crippen molar-refractivity contribution in [3.8, 4) is 5.75 Å². The zero-order valence-electron chi connectivity index (χ0n) is 15.5. The molecule has 7 heteroatoms. The molecule has 1 aromatic carbocycles. The number of ether oxygens (including phenoxy) is 1. The standard InChI is InChI=1S/C19H25N3O3S/c1-5-25-16-8-6-7-14(9-16)13(4)20-17(23)10-15-11-26-19(21-15)22-18(24)12(2)3/h6-9,11-13H,5,10H2,1-4H3,(H,20,23)(H,21,22,24)/t13-/m1/s1. The van der Waals surface area contributed by atoms with Crippen molar-refractivity contribution >= 4 is 28.3 Å². The van der Waals surface area contributed by atoms with Gasteiger partial charge in [0, 0.05) is 11.3 Å². The fraction of sp³-hybridized carbons (Fsp3) is 0.421. The molecule has 1 aromatic heterocycles. The third kappa shape index (κ3) is 5.84. The van der Waals surface area contributed by atoms with Crippen LogP contribution in [0.15, 0.2) is 29.6 Å². The van der Waals surface area contributed by atoms with E-state index < -0.39 is 0 Å². The summed E-state index contributed by atoms with van der Waals surface area (Å²) < 4.78 is 5.49. The van der Waals surface area contributed by atoms with Crippen LogP contribution < -0.4 is 15.4 Å². The number of carbonyl (C=O) groups excluding carboxylic acids is 2. The molecule has 2 amide bonds. The van der Waals surface area contributed by atoms with E-state index >= 15 is 0 Å². The van der Waals surface area contributed by atoms with E-state index in [9.17, 15) is 9.59 Å². The number of benzene rings is 1. The summed E-state index contributed by atoms with van der Waals surface area (Å²) in [5, 5.41) is 8.01. The molecule has 0 fully saturated rings. The molecule has 1 heterocycles. The monoisotopic (exact) mass is 375 g/mol. The van der Waals surface area contributed by atoms with Crippen molar-refractivity contribution in [2.75, 3.05) is 11.9 Å². The molecule has 6 nitrogen and oxygen atoms in total. The van der Waals surface area contributed by atoms with Gasteiger partial charge in [-0.25, -0.2) is 4.98 Å². The van der Waals surface area contributed by atoms with Gasteiger partial charge in [0.1, 0.15) is 5.75 Å². The van der Waals surface area contributed by atoms with Gasteiger partial charge in [0.15, 0.2) is 5.13 Å². The fourth-order valence-electron chi connectivity index (χ4n) is 2.28. The van der Waals surface area contributed by atoms with Gasteiger partial charge in [-0.15, -0.1) is 11.3 Å². The van der Waals surface area contributed by atoms with E-state index in [-0.39, 0.29) is 30.2 Å². The second kappa shape index (κ2) is 9.33. The van der Waals surface area contributed by atoms with Crippen LogP contribution in [0.5, 0.6) is 5.75 Å². The molecule has 0 aliphatic heterocycles. The average molecular weight is 375 g/mol. The molecule has 0 saturated heterocycles. The van der Waals surface area contributed by atoms with Crippen molar-refractivity contribution in [2.45, 2.75) is 40.2 Å². The van der Waals surface area contributed by atoms with Crippen LogP contribution in [-0.4, -0.2) is 23.4 Å². The lowest BCUT2D eigenvalue weighted by Gasteiger charge is -2.15. The van der Waals surface area contributed by atoms with Gasteiger partial charge >= 0.3 is 0 Å². The second-order valence-electron chi connectivity index (χ2n) is 6.26. The van der Waals surface area contributed by atoms with Gasteiger partial charge in [0.2, 0.25) is 11.8 Å². The van der Waals surface area contributed by atoms with Crippen LogP contribution in [0, 0.1) is 5.92 Å². The summed E-state index contributed by atoms with van der Waals surface area (Å²) in [6, 6.07) is 7.55. The molecule has 2 N–H and O–H groups in total. The average Bonchev–Trinajstić information content (AvgIpc) is 3.02. The maximum Gasteiger partial charge on any atom is 0.228 e. The van der Waals surface area contributed by atoms with E-state index in [0.29, 0.717) is 17.4 Å². The van der Waals surface area contributed by atoms with E-state index in [1.54, 1.807) is 5.38 Å². The van der Waals surface area contributed by atoms with Gasteiger partial charge in [-0.3, -0.25) is 9.59 Å². The van der Waals surface area contributed by atoms with Crippen LogP contribution in [0.3, 0.4) is 0 Å². The largest absolute Gasteiger partial charge is 0.494 e. The smallest absolute Gasteiger partial charge is 0.228 e. The second-order valence-corrected chi connectivity index (χ2v) is 7.12. The van der Waals surface area contributed by atoms with Gasteiger partial charge in [0.25, 0.3) is 0 Å². The zero-order chi connectivity index (χ0) is 19.1. The van der Waals surface area contributed by atoms with E-state index in [0.717, 1.165) is 11.3 Å². The molecular weight excluding hydrogens is 350 g/mol. The first-order valence-electron chi connectivity index (χ1n) is 8.66. The van der Waals surface area contributed by atoms with E-state index in [1.807, 2.05) is 52.0 Å². The summed E-state index contributed by atoms with van der Waals surface area (Å²) >= 11 is 1.32. The minimum Gasteiger partial charge on any atom is -0.494 e. The summed E-state index contributed by atoms with van der Waals surface area (Å²) in [4.78, 5) is 28.3. The lowest BCUT2D eigenvalue weighted by Crippen LogP contribution is -2.28. The fourth-order valence-corrected chi connectivity index (χ4v) is 2.99. The molecule has 0 unspecified atom stereocenters. The number of carbonyl (C=O) groups is 2. The molecule has 0 radical (unpaired) electrons. The number of thiazole rings is 1. The van der Waals surface area contributed by atoms with Crippen LogP contribution >= 0.6 is 11.3 Å². The maximum atomic E-state index is 12.3. The zero-order valence-corrected chi connectivity index (χ0v) is 16.4. The summed E-state index contributed by atoms with van der Waals surface area (Å²) in [6.07, 6.45) is 0.170. The quantitative estimate of drug-likeness (QED) is 0.739. The summed E-state index contributed by atoms with van der Waals surface area (Å²) in [5.41, 5.74) is 1.62. The van der Waals surface area contributed by atoms with Crippen LogP contribution in [0.1, 0.15) is 45.0 Å². The minimum absolute atomic E-state index is 0.0850. The van der Waals surface area contributed by atoms with Crippen molar-refractivity contribution < 1.29 is 14.3 Å². The third-order valence-electron chi connectivity index (χ3n) is 3.69. The summed E-state index contributed by atoms with van der Waals surface area (Å²) in [5.74, 6) is 0.472. The number of nitrogens with zero attached hydrogens (tertiary/aromatic N) is 1. The maximum absolute atomic E-state index is 12.3. The minimum atomic E-state index is -0.137. The SMILES string of the molecule is CCOc1cccc([C@@H](C)NC(=O)Cc2csc(NC(=O)C(C)C)n2)c1. The number of hydrogen-bond donors (Lipinski definition) is 2. The normalized spacial score (nSPS) is 11.9. The van der Waals surface area contributed by atoms with Crippen molar-refractivity contribution in [3.63, 3.8) is 0 Å². The Morgan fingerprint density at radius 1 is 1.27 bits per heavy atom. The number of aromatic nitrogens is 1. The van der Waals surface area contributed by atoms with E-state index in [1.165, 1.54) is 11.3 Å². The van der Waals surface area contributed by atoms with Crippen molar-refractivity contribution in [2.24, 2.45) is 5.92 Å². The molecule has 0 bridgehead atoms. The van der Waals surface area contributed by atoms with Gasteiger partial charge in [-0.05, 0) is 31.5 Å². The number of amides is 2. The van der Waals surface area contributed by atoms with E-state index in [4.69, 9.17) is 4.74 Å². The molecule has 2 rings (SSSR count). The van der Waals surface area contributed by atoms with Gasteiger partial charge in [-0.2, -0.15) is 0 Å². The Bertz CT molecular complexity index is 758. The molecule has 0 spiro atoms. The predicted molar refractivity (Wildman–Crippen MR) is 103 cm³/mol. The highest BCUT2D eigenvalue weighted by Gasteiger charge is 2.14. The van der Waals surface area contributed by atoms with Crippen LogP contribution in [0.25, 0.3) is 0 Å². The van der Waals surface area contributed by atoms with Gasteiger partial charge in [0.05, 0.1) is 24.8 Å². The molecule has 26 heavy (non-hydrogen) atoms. The molecule has 2 aromatic rings. The molecule has 1 atom stereocenters. The first-order chi connectivity index (χ1) is 12.4. The third-order valence-corrected chi connectivity index (χ3v) is 4.50. The lowest BCUT2D eigenvalue weighted by atomic mass is 10.1. The highest BCUT2D eigenvalue weighted by atomic mass is 32.1. The van der Waals surface area contributed by atoms with E-state index in [2.05, 4.69) is 15.6 Å². The Morgan fingerprint density at radius 3 is 2.73 bits per heavy atom. The molecule has 0 aliphatic carbocycles. The summed E-state index contributed by atoms with van der Waals surface area (Å²) in [7, 11) is 0.